The Kier molecular flexibility index (Phi) is 4.90. The summed E-state index contributed by atoms with van der Waals surface area (Å²) >= 11 is 0. The van der Waals surface area contributed by atoms with Crippen LogP contribution in [0.5, 0.6) is 0 Å². The van der Waals surface area contributed by atoms with Gasteiger partial charge in [-0.3, -0.25) is 18.8 Å². The number of nitrogens with zero attached hydrogens (tertiary/aromatic N) is 2. The molecule has 1 saturated carbocycles. The third kappa shape index (κ3) is 2.79. The highest BCUT2D eigenvalue weighted by atomic mass is 32.2. The van der Waals surface area contributed by atoms with Crippen LogP contribution in [0.3, 0.4) is 0 Å². The molecule has 1 aliphatic carbocycles. The quantitative estimate of drug-likeness (QED) is 0.664. The average Bonchev–Trinajstić information content (AvgIpc) is 3.25. The molecule has 3 aliphatic rings. The van der Waals surface area contributed by atoms with E-state index in [0.717, 1.165) is 11.1 Å². The number of benzene rings is 2. The summed E-state index contributed by atoms with van der Waals surface area (Å²) in [4.78, 5) is 27.8. The van der Waals surface area contributed by atoms with Crippen molar-refractivity contribution in [2.45, 2.75) is 43.2 Å². The Hall–Kier alpha value is -2.71. The van der Waals surface area contributed by atoms with Crippen molar-refractivity contribution < 1.29 is 22.7 Å². The Morgan fingerprint density at radius 2 is 1.69 bits per heavy atom. The van der Waals surface area contributed by atoms with Crippen molar-refractivity contribution in [1.29, 1.82) is 0 Å². The Morgan fingerprint density at radius 1 is 1.00 bits per heavy atom. The number of methoxy groups -OCH3 is 1. The SMILES string of the molecule is CCN1C(=O)C2CC(OC)C3c4ccccc4N(S(=O)(=O)c4ccc(C)cc4)C3C2C1=O. The zero-order valence-corrected chi connectivity index (χ0v) is 19.1. The number of rotatable bonds is 4. The first-order chi connectivity index (χ1) is 15.3. The third-order valence-corrected chi connectivity index (χ3v) is 9.02. The van der Waals surface area contributed by atoms with Crippen molar-refractivity contribution in [2.75, 3.05) is 18.0 Å². The normalized spacial score (nSPS) is 29.2. The highest BCUT2D eigenvalue weighted by Gasteiger charge is 2.63. The number of ether oxygens (including phenoxy) is 1. The number of aryl methyl sites for hydroxylation is 1. The fraction of sp³-hybridized carbons (Fsp3) is 0.417. The van der Waals surface area contributed by atoms with E-state index < -0.39 is 27.9 Å². The summed E-state index contributed by atoms with van der Waals surface area (Å²) in [6.07, 6.45) is 0.0325. The van der Waals surface area contributed by atoms with Crippen LogP contribution >= 0.6 is 0 Å². The highest BCUT2D eigenvalue weighted by molar-refractivity contribution is 7.92. The molecule has 5 rings (SSSR count). The van der Waals surface area contributed by atoms with Crippen LogP contribution in [0.1, 0.15) is 30.4 Å². The minimum atomic E-state index is -3.98. The fourth-order valence-electron chi connectivity index (χ4n) is 5.76. The maximum atomic E-state index is 14.0. The van der Waals surface area contributed by atoms with E-state index in [1.807, 2.05) is 19.1 Å². The minimum Gasteiger partial charge on any atom is -0.381 e. The molecule has 5 atom stereocenters. The van der Waals surface area contributed by atoms with Gasteiger partial charge in [0.05, 0.1) is 34.6 Å². The molecule has 168 valence electrons. The molecule has 2 amide bonds. The first-order valence-corrected chi connectivity index (χ1v) is 12.3. The van der Waals surface area contributed by atoms with Crippen LogP contribution in [0.25, 0.3) is 0 Å². The molecule has 2 heterocycles. The van der Waals surface area contributed by atoms with Crippen molar-refractivity contribution in [1.82, 2.24) is 4.90 Å². The van der Waals surface area contributed by atoms with Crippen LogP contribution in [0, 0.1) is 18.8 Å². The van der Waals surface area contributed by atoms with Crippen molar-refractivity contribution in [3.05, 3.63) is 59.7 Å². The van der Waals surface area contributed by atoms with E-state index in [1.165, 1.54) is 9.21 Å². The van der Waals surface area contributed by atoms with Crippen LogP contribution in [0.15, 0.2) is 53.4 Å². The predicted molar refractivity (Wildman–Crippen MR) is 119 cm³/mol. The second-order valence-corrected chi connectivity index (χ2v) is 10.6. The molecule has 2 aromatic rings. The van der Waals surface area contributed by atoms with Gasteiger partial charge in [-0.2, -0.15) is 0 Å². The van der Waals surface area contributed by atoms with Gasteiger partial charge in [0.1, 0.15) is 0 Å². The minimum absolute atomic E-state index is 0.166. The topological polar surface area (TPSA) is 84.0 Å². The van der Waals surface area contributed by atoms with Crippen LogP contribution in [-0.2, 0) is 24.3 Å². The molecule has 2 aromatic carbocycles. The van der Waals surface area contributed by atoms with Gasteiger partial charge >= 0.3 is 0 Å². The Balaban J connectivity index is 1.72. The summed E-state index contributed by atoms with van der Waals surface area (Å²) in [7, 11) is -2.39. The summed E-state index contributed by atoms with van der Waals surface area (Å²) in [5, 5.41) is 0. The summed E-state index contributed by atoms with van der Waals surface area (Å²) in [6, 6.07) is 13.3. The number of fused-ring (bicyclic) bond motifs is 5. The number of anilines is 1. The van der Waals surface area contributed by atoms with Gasteiger partial charge in [0.25, 0.3) is 10.0 Å². The van der Waals surface area contributed by atoms with E-state index in [1.54, 1.807) is 50.4 Å². The van der Waals surface area contributed by atoms with Crippen molar-refractivity contribution >= 4 is 27.5 Å². The Morgan fingerprint density at radius 3 is 2.34 bits per heavy atom. The maximum Gasteiger partial charge on any atom is 0.264 e. The summed E-state index contributed by atoms with van der Waals surface area (Å²) in [5.41, 5.74) is 2.35. The number of amides is 2. The van der Waals surface area contributed by atoms with Crippen LogP contribution in [-0.4, -0.2) is 50.9 Å². The summed E-state index contributed by atoms with van der Waals surface area (Å²) < 4.78 is 35.1. The average molecular weight is 455 g/mol. The molecule has 8 heteroatoms. The Labute approximate surface area is 188 Å². The molecular formula is C24H26N2O5S. The molecule has 2 fully saturated rings. The smallest absolute Gasteiger partial charge is 0.264 e. The molecule has 32 heavy (non-hydrogen) atoms. The number of hydrogen-bond acceptors (Lipinski definition) is 5. The molecule has 0 radical (unpaired) electrons. The molecule has 7 nitrogen and oxygen atoms in total. The van der Waals surface area contributed by atoms with Gasteiger partial charge in [0.15, 0.2) is 0 Å². The van der Waals surface area contributed by atoms with Gasteiger partial charge < -0.3 is 4.74 Å². The summed E-state index contributed by atoms with van der Waals surface area (Å²) in [6.45, 7) is 3.94. The first-order valence-electron chi connectivity index (χ1n) is 10.9. The zero-order chi connectivity index (χ0) is 22.8. The zero-order valence-electron chi connectivity index (χ0n) is 18.3. The number of likely N-dealkylation sites (tertiary alicyclic amines) is 1. The largest absolute Gasteiger partial charge is 0.381 e. The molecule has 0 N–H and O–H groups in total. The van der Waals surface area contributed by atoms with E-state index in [2.05, 4.69) is 0 Å². The molecule has 5 unspecified atom stereocenters. The molecule has 0 spiro atoms. The number of imide groups is 1. The fourth-order valence-corrected chi connectivity index (χ4v) is 7.48. The molecule has 1 saturated heterocycles. The summed E-state index contributed by atoms with van der Waals surface area (Å²) in [5.74, 6) is -2.16. The number of para-hydroxylation sites is 1. The van der Waals surface area contributed by atoms with E-state index in [0.29, 0.717) is 12.1 Å². The van der Waals surface area contributed by atoms with Gasteiger partial charge in [0.2, 0.25) is 11.8 Å². The van der Waals surface area contributed by atoms with Crippen molar-refractivity contribution in [3.8, 4) is 0 Å². The van der Waals surface area contributed by atoms with Gasteiger partial charge in [-0.25, -0.2) is 8.42 Å². The van der Waals surface area contributed by atoms with E-state index in [4.69, 9.17) is 4.74 Å². The second-order valence-electron chi connectivity index (χ2n) is 8.75. The van der Waals surface area contributed by atoms with Gasteiger partial charge in [-0.05, 0) is 44.0 Å². The van der Waals surface area contributed by atoms with Gasteiger partial charge in [0, 0.05) is 19.6 Å². The van der Waals surface area contributed by atoms with Crippen LogP contribution in [0.4, 0.5) is 5.69 Å². The lowest BCUT2D eigenvalue weighted by molar-refractivity contribution is -0.139. The third-order valence-electron chi connectivity index (χ3n) is 7.19. The highest BCUT2D eigenvalue weighted by Crippen LogP contribution is 2.56. The lowest BCUT2D eigenvalue weighted by Gasteiger charge is -2.41. The second kappa shape index (κ2) is 7.42. The van der Waals surface area contributed by atoms with E-state index in [-0.39, 0.29) is 35.3 Å². The lowest BCUT2D eigenvalue weighted by atomic mass is 9.69. The molecule has 2 aliphatic heterocycles. The first kappa shape index (κ1) is 21.2. The number of carbonyl (C=O) groups is 2. The lowest BCUT2D eigenvalue weighted by Crippen LogP contribution is -2.54. The monoisotopic (exact) mass is 454 g/mol. The molecule has 0 aromatic heterocycles. The van der Waals surface area contributed by atoms with Crippen LogP contribution in [0.2, 0.25) is 0 Å². The van der Waals surface area contributed by atoms with Crippen molar-refractivity contribution in [3.63, 3.8) is 0 Å². The van der Waals surface area contributed by atoms with Gasteiger partial charge in [-0.15, -0.1) is 0 Å². The number of carbonyl (C=O) groups excluding carboxylic acids is 2. The van der Waals surface area contributed by atoms with Crippen molar-refractivity contribution in [2.24, 2.45) is 11.8 Å². The molecular weight excluding hydrogens is 428 g/mol. The standard InChI is InChI=1S/C24H26N2O5S/c1-4-25-23(27)17-13-19(31-3)20-16-7-5-6-8-18(16)26(22(20)21(17)24(25)28)32(29,30)15-11-9-14(2)10-12-15/h5-12,17,19-22H,4,13H2,1-3H3. The van der Waals surface area contributed by atoms with Crippen LogP contribution < -0.4 is 4.31 Å². The Bertz CT molecular complexity index is 1190. The number of hydrogen-bond donors (Lipinski definition) is 0. The molecule has 0 bridgehead atoms. The number of sulfonamides is 1. The maximum absolute atomic E-state index is 14.0. The predicted octanol–water partition coefficient (Wildman–Crippen LogP) is 2.70. The van der Waals surface area contributed by atoms with E-state index in [9.17, 15) is 18.0 Å². The van der Waals surface area contributed by atoms with Gasteiger partial charge in [-0.1, -0.05) is 35.9 Å². The van der Waals surface area contributed by atoms with E-state index >= 15 is 0 Å².